The van der Waals surface area contributed by atoms with Gasteiger partial charge in [0.05, 0.1) is 10.7 Å². The van der Waals surface area contributed by atoms with E-state index >= 15 is 0 Å². The van der Waals surface area contributed by atoms with Gasteiger partial charge in [-0.1, -0.05) is 22.9 Å². The van der Waals surface area contributed by atoms with Crippen molar-refractivity contribution >= 4 is 59.9 Å². The van der Waals surface area contributed by atoms with Gasteiger partial charge in [-0.3, -0.25) is 10.1 Å². The van der Waals surface area contributed by atoms with E-state index < -0.39 is 15.9 Å². The number of amides is 1. The van der Waals surface area contributed by atoms with Crippen LogP contribution in [0.2, 0.25) is 5.02 Å². The molecule has 1 amide bonds. The maximum Gasteiger partial charge on any atom is 0.257 e. The lowest BCUT2D eigenvalue weighted by Crippen LogP contribution is -2.11. The zero-order chi connectivity index (χ0) is 15.8. The van der Waals surface area contributed by atoms with Crippen molar-refractivity contribution in [1.82, 2.24) is 4.98 Å². The molecule has 0 spiro atoms. The topological polar surface area (TPSA) is 102 Å². The van der Waals surface area contributed by atoms with Gasteiger partial charge < -0.3 is 0 Å². The molecule has 0 unspecified atom stereocenters. The first-order valence-electron chi connectivity index (χ1n) is 5.45. The quantitative estimate of drug-likeness (QED) is 0.812. The van der Waals surface area contributed by atoms with Gasteiger partial charge in [-0.25, -0.2) is 18.5 Å². The smallest absolute Gasteiger partial charge is 0.257 e. The van der Waals surface area contributed by atoms with Crippen molar-refractivity contribution in [3.63, 3.8) is 0 Å². The minimum Gasteiger partial charge on any atom is -0.298 e. The van der Waals surface area contributed by atoms with Gasteiger partial charge in [0.15, 0.2) is 9.34 Å². The molecule has 1 aromatic carbocycles. The molecule has 1 heterocycles. The van der Waals surface area contributed by atoms with E-state index in [2.05, 4.69) is 26.2 Å². The van der Waals surface area contributed by atoms with E-state index in [-0.39, 0.29) is 15.0 Å². The zero-order valence-corrected chi connectivity index (χ0v) is 14.5. The Morgan fingerprint density at radius 2 is 2.14 bits per heavy atom. The lowest BCUT2D eigenvalue weighted by atomic mass is 10.2. The number of primary sulfonamides is 1. The minimum absolute atomic E-state index is 0.0772. The Hall–Kier alpha value is -1.000. The van der Waals surface area contributed by atoms with E-state index in [0.717, 1.165) is 11.3 Å². The van der Waals surface area contributed by atoms with Crippen molar-refractivity contribution in [3.05, 3.63) is 39.0 Å². The summed E-state index contributed by atoms with van der Waals surface area (Å²) in [7, 11) is -3.85. The van der Waals surface area contributed by atoms with Crippen LogP contribution >= 0.6 is 38.9 Å². The first kappa shape index (κ1) is 16.4. The van der Waals surface area contributed by atoms with E-state index in [4.69, 9.17) is 16.7 Å². The van der Waals surface area contributed by atoms with Gasteiger partial charge in [0, 0.05) is 10.0 Å². The predicted molar refractivity (Wildman–Crippen MR) is 85.3 cm³/mol. The predicted octanol–water partition coefficient (Wildman–Crippen LogP) is 2.77. The Labute approximate surface area is 138 Å². The molecule has 0 fully saturated rings. The Morgan fingerprint density at radius 1 is 1.48 bits per heavy atom. The molecule has 0 atom stereocenters. The number of nitrogens with zero attached hydrogens (tertiary/aromatic N) is 1. The summed E-state index contributed by atoms with van der Waals surface area (Å²) < 4.78 is 23.2. The SMILES string of the molecule is Cc1nc(NC(=O)c2ccc(Br)c(Cl)c2)sc1S(N)(=O)=O. The number of carbonyl (C=O) groups is 1. The second-order valence-corrected chi connectivity index (χ2v) is 8.04. The molecule has 2 rings (SSSR count). The molecular weight excluding hydrogens is 402 g/mol. The Kier molecular flexibility index (Phi) is 4.69. The van der Waals surface area contributed by atoms with Crippen LogP contribution in [0.15, 0.2) is 26.9 Å². The number of nitrogens with two attached hydrogens (primary N) is 1. The molecule has 0 aliphatic rings. The number of halogens is 2. The Bertz CT molecular complexity index is 820. The molecule has 21 heavy (non-hydrogen) atoms. The minimum atomic E-state index is -3.85. The molecule has 0 bridgehead atoms. The summed E-state index contributed by atoms with van der Waals surface area (Å²) in [4.78, 5) is 16.0. The molecule has 0 aliphatic carbocycles. The van der Waals surface area contributed by atoms with Gasteiger partial charge in [0.25, 0.3) is 5.91 Å². The van der Waals surface area contributed by atoms with E-state index in [1.54, 1.807) is 12.1 Å². The summed E-state index contributed by atoms with van der Waals surface area (Å²) in [5, 5.41) is 8.11. The molecule has 3 N–H and O–H groups in total. The number of nitrogens with one attached hydrogen (secondary N) is 1. The van der Waals surface area contributed by atoms with Crippen LogP contribution in [0.5, 0.6) is 0 Å². The second-order valence-electron chi connectivity index (χ2n) is 4.02. The van der Waals surface area contributed by atoms with E-state index in [9.17, 15) is 13.2 Å². The van der Waals surface area contributed by atoms with Crippen LogP contribution in [0.25, 0.3) is 0 Å². The summed E-state index contributed by atoms with van der Waals surface area (Å²) in [6, 6.07) is 4.70. The van der Waals surface area contributed by atoms with Crippen LogP contribution < -0.4 is 10.5 Å². The number of thiazole rings is 1. The van der Waals surface area contributed by atoms with E-state index in [1.165, 1.54) is 13.0 Å². The van der Waals surface area contributed by atoms with Crippen LogP contribution in [0.3, 0.4) is 0 Å². The van der Waals surface area contributed by atoms with Crippen LogP contribution in [-0.4, -0.2) is 19.3 Å². The monoisotopic (exact) mass is 409 g/mol. The largest absolute Gasteiger partial charge is 0.298 e. The highest BCUT2D eigenvalue weighted by Gasteiger charge is 2.19. The van der Waals surface area contributed by atoms with Crippen molar-refractivity contribution in [2.24, 2.45) is 5.14 Å². The highest BCUT2D eigenvalue weighted by Crippen LogP contribution is 2.27. The molecule has 112 valence electrons. The summed E-state index contributed by atoms with van der Waals surface area (Å²) in [6.07, 6.45) is 0. The number of hydrogen-bond donors (Lipinski definition) is 2. The molecule has 0 aliphatic heterocycles. The number of rotatable bonds is 3. The lowest BCUT2D eigenvalue weighted by Gasteiger charge is -2.03. The third kappa shape index (κ3) is 3.80. The van der Waals surface area contributed by atoms with Crippen molar-refractivity contribution in [3.8, 4) is 0 Å². The Morgan fingerprint density at radius 3 is 2.67 bits per heavy atom. The number of aryl methyl sites for hydroxylation is 1. The van der Waals surface area contributed by atoms with Gasteiger partial charge in [-0.15, -0.1) is 0 Å². The number of aromatic nitrogens is 1. The van der Waals surface area contributed by atoms with E-state index in [0.29, 0.717) is 15.1 Å². The number of hydrogen-bond acceptors (Lipinski definition) is 5. The molecule has 0 saturated heterocycles. The fraction of sp³-hybridized carbons (Fsp3) is 0.0909. The van der Waals surface area contributed by atoms with Gasteiger partial charge in [-0.05, 0) is 41.1 Å². The van der Waals surface area contributed by atoms with Gasteiger partial charge in [0.1, 0.15) is 0 Å². The first-order chi connectivity index (χ1) is 9.68. The molecule has 10 heteroatoms. The fourth-order valence-corrected chi connectivity index (χ4v) is 3.79. The Balaban J connectivity index is 2.26. The highest BCUT2D eigenvalue weighted by atomic mass is 79.9. The number of benzene rings is 1. The zero-order valence-electron chi connectivity index (χ0n) is 10.6. The fourth-order valence-electron chi connectivity index (χ4n) is 1.51. The lowest BCUT2D eigenvalue weighted by molar-refractivity contribution is 0.102. The van der Waals surface area contributed by atoms with Crippen LogP contribution in [0.4, 0.5) is 5.13 Å². The van der Waals surface area contributed by atoms with Crippen molar-refractivity contribution in [2.75, 3.05) is 5.32 Å². The van der Waals surface area contributed by atoms with Crippen LogP contribution in [0, 0.1) is 6.92 Å². The number of carbonyl (C=O) groups excluding carboxylic acids is 1. The summed E-state index contributed by atoms with van der Waals surface area (Å²) in [5.41, 5.74) is 0.569. The van der Waals surface area contributed by atoms with Crippen LogP contribution in [-0.2, 0) is 10.0 Å². The van der Waals surface area contributed by atoms with Gasteiger partial charge in [-0.2, -0.15) is 0 Å². The molecule has 0 saturated carbocycles. The average Bonchev–Trinajstić information content (AvgIpc) is 2.73. The van der Waals surface area contributed by atoms with Gasteiger partial charge in [0.2, 0.25) is 10.0 Å². The summed E-state index contributed by atoms with van der Waals surface area (Å²) in [6.45, 7) is 1.50. The average molecular weight is 411 g/mol. The van der Waals surface area contributed by atoms with Gasteiger partial charge >= 0.3 is 0 Å². The highest BCUT2D eigenvalue weighted by molar-refractivity contribution is 9.10. The molecule has 2 aromatic rings. The normalized spacial score (nSPS) is 11.4. The third-order valence-corrected chi connectivity index (χ3v) is 6.27. The summed E-state index contributed by atoms with van der Waals surface area (Å²) >= 11 is 9.94. The molecule has 6 nitrogen and oxygen atoms in total. The number of anilines is 1. The molecule has 1 aromatic heterocycles. The van der Waals surface area contributed by atoms with Crippen molar-refractivity contribution < 1.29 is 13.2 Å². The summed E-state index contributed by atoms with van der Waals surface area (Å²) in [5.74, 6) is -0.445. The second kappa shape index (κ2) is 6.01. The first-order valence-corrected chi connectivity index (χ1v) is 8.98. The molecular formula is C11H9BrClN3O3S2. The maximum atomic E-state index is 12.0. The van der Waals surface area contributed by atoms with Crippen LogP contribution in [0.1, 0.15) is 16.1 Å². The van der Waals surface area contributed by atoms with E-state index in [1.807, 2.05) is 0 Å². The maximum absolute atomic E-state index is 12.0. The standard InChI is InChI=1S/C11H9BrClN3O3S2/c1-5-10(21(14,18)19)20-11(15-5)16-9(17)6-2-3-7(12)8(13)4-6/h2-4H,1H3,(H2,14,18,19)(H,15,16,17). The van der Waals surface area contributed by atoms with Crippen molar-refractivity contribution in [2.45, 2.75) is 11.1 Å². The number of sulfonamides is 1. The van der Waals surface area contributed by atoms with Crippen molar-refractivity contribution in [1.29, 1.82) is 0 Å². The third-order valence-electron chi connectivity index (χ3n) is 2.41. The molecule has 0 radical (unpaired) electrons.